The van der Waals surface area contributed by atoms with Crippen LogP contribution in [0.3, 0.4) is 0 Å². The number of nitrogens with two attached hydrogens (primary N) is 1. The van der Waals surface area contributed by atoms with Gasteiger partial charge in [0.15, 0.2) is 0 Å². The van der Waals surface area contributed by atoms with Crippen molar-refractivity contribution in [3.05, 3.63) is 47.1 Å². The van der Waals surface area contributed by atoms with Crippen LogP contribution in [0.25, 0.3) is 0 Å². The van der Waals surface area contributed by atoms with Crippen molar-refractivity contribution < 1.29 is 4.79 Å². The number of hydrogen-bond acceptors (Lipinski definition) is 4. The highest BCUT2D eigenvalue weighted by molar-refractivity contribution is 9.10. The Balaban J connectivity index is 1.84. The first kappa shape index (κ1) is 13.9. The summed E-state index contributed by atoms with van der Waals surface area (Å²) in [6.07, 6.45) is 1.66. The number of benzene rings is 1. The Morgan fingerprint density at radius 2 is 2.00 bits per heavy atom. The molecule has 3 N–H and O–H groups in total. The van der Waals surface area contributed by atoms with E-state index in [1.165, 1.54) is 11.8 Å². The van der Waals surface area contributed by atoms with E-state index in [1.807, 2.05) is 30.3 Å². The number of hydrogen-bond donors (Lipinski definition) is 2. The Morgan fingerprint density at radius 3 is 2.63 bits per heavy atom. The summed E-state index contributed by atoms with van der Waals surface area (Å²) in [5.41, 5.74) is 6.28. The molecule has 0 bridgehead atoms. The van der Waals surface area contributed by atoms with Crippen LogP contribution in [0.2, 0.25) is 0 Å². The van der Waals surface area contributed by atoms with Crippen molar-refractivity contribution in [3.63, 3.8) is 0 Å². The second-order valence-electron chi connectivity index (χ2n) is 3.76. The van der Waals surface area contributed by atoms with Crippen LogP contribution in [0.1, 0.15) is 0 Å². The van der Waals surface area contributed by atoms with E-state index in [9.17, 15) is 4.79 Å². The Hall–Kier alpha value is -1.53. The lowest BCUT2D eigenvalue weighted by Crippen LogP contribution is -2.13. The predicted octanol–water partition coefficient (Wildman–Crippen LogP) is 3.16. The van der Waals surface area contributed by atoms with Gasteiger partial charge in [-0.2, -0.15) is 0 Å². The second kappa shape index (κ2) is 6.58. The van der Waals surface area contributed by atoms with Crippen molar-refractivity contribution >= 4 is 45.1 Å². The van der Waals surface area contributed by atoms with E-state index >= 15 is 0 Å². The van der Waals surface area contributed by atoms with Gasteiger partial charge in [-0.25, -0.2) is 4.98 Å². The van der Waals surface area contributed by atoms with Crippen LogP contribution in [0.4, 0.5) is 11.5 Å². The average Bonchev–Trinajstić information content (AvgIpc) is 2.41. The molecule has 6 heteroatoms. The lowest BCUT2D eigenvalue weighted by molar-refractivity contribution is -0.113. The molecule has 1 aromatic carbocycles. The molecule has 0 saturated carbocycles. The van der Waals surface area contributed by atoms with Crippen LogP contribution in [0, 0.1) is 0 Å². The van der Waals surface area contributed by atoms with E-state index in [-0.39, 0.29) is 5.91 Å². The second-order valence-corrected chi connectivity index (χ2v) is 5.73. The molecule has 1 amide bonds. The molecule has 0 fully saturated rings. The van der Waals surface area contributed by atoms with Gasteiger partial charge in [-0.05, 0) is 36.4 Å². The van der Waals surface area contributed by atoms with Crippen LogP contribution in [-0.4, -0.2) is 16.6 Å². The van der Waals surface area contributed by atoms with E-state index in [1.54, 1.807) is 12.3 Å². The summed E-state index contributed by atoms with van der Waals surface area (Å²) in [5, 5.41) is 2.83. The Labute approximate surface area is 123 Å². The maximum atomic E-state index is 11.7. The average molecular weight is 338 g/mol. The minimum absolute atomic E-state index is 0.0517. The zero-order valence-corrected chi connectivity index (χ0v) is 12.4. The van der Waals surface area contributed by atoms with Crippen molar-refractivity contribution in [3.8, 4) is 0 Å². The van der Waals surface area contributed by atoms with Gasteiger partial charge in [0.2, 0.25) is 5.91 Å². The third-order valence-electron chi connectivity index (χ3n) is 2.26. The first-order valence-corrected chi connectivity index (χ1v) is 7.31. The summed E-state index contributed by atoms with van der Waals surface area (Å²) >= 11 is 4.77. The highest BCUT2D eigenvalue weighted by Crippen LogP contribution is 2.18. The minimum Gasteiger partial charge on any atom is -0.384 e. The van der Waals surface area contributed by atoms with E-state index in [4.69, 9.17) is 5.73 Å². The molecule has 0 aliphatic rings. The largest absolute Gasteiger partial charge is 0.384 e. The fraction of sp³-hybridized carbons (Fsp3) is 0.0769. The molecule has 4 nitrogen and oxygen atoms in total. The third kappa shape index (κ3) is 4.57. The zero-order valence-electron chi connectivity index (χ0n) is 9.97. The number of anilines is 2. The number of nitrogens with zero attached hydrogens (tertiary/aromatic N) is 1. The number of aromatic nitrogens is 1. The number of rotatable bonds is 4. The van der Waals surface area contributed by atoms with Gasteiger partial charge in [-0.3, -0.25) is 4.79 Å². The predicted molar refractivity (Wildman–Crippen MR) is 82.1 cm³/mol. The molecule has 98 valence electrons. The van der Waals surface area contributed by atoms with Gasteiger partial charge in [-0.1, -0.05) is 15.9 Å². The van der Waals surface area contributed by atoms with Crippen LogP contribution < -0.4 is 11.1 Å². The Bertz CT molecular complexity index is 557. The fourth-order valence-corrected chi connectivity index (χ4v) is 2.28. The van der Waals surface area contributed by atoms with E-state index in [2.05, 4.69) is 26.2 Å². The van der Waals surface area contributed by atoms with E-state index in [0.29, 0.717) is 11.6 Å². The zero-order chi connectivity index (χ0) is 13.7. The molecule has 0 radical (unpaired) electrons. The monoisotopic (exact) mass is 337 g/mol. The van der Waals surface area contributed by atoms with Gasteiger partial charge in [0.1, 0.15) is 5.82 Å². The van der Waals surface area contributed by atoms with Gasteiger partial charge < -0.3 is 11.1 Å². The molecule has 2 aromatic rings. The molecule has 0 aliphatic carbocycles. The van der Waals surface area contributed by atoms with E-state index < -0.39 is 0 Å². The molecular formula is C13H12BrN3OS. The van der Waals surface area contributed by atoms with Gasteiger partial charge in [0.25, 0.3) is 0 Å². The van der Waals surface area contributed by atoms with Crippen molar-refractivity contribution in [2.24, 2.45) is 0 Å². The molecule has 1 heterocycles. The van der Waals surface area contributed by atoms with Gasteiger partial charge in [0, 0.05) is 21.3 Å². The molecule has 2 rings (SSSR count). The number of pyridine rings is 1. The minimum atomic E-state index is -0.0517. The molecular weight excluding hydrogens is 326 g/mol. The summed E-state index contributed by atoms with van der Waals surface area (Å²) in [6, 6.07) is 11.0. The lowest BCUT2D eigenvalue weighted by Gasteiger charge is -2.05. The Kier molecular flexibility index (Phi) is 4.81. The quantitative estimate of drug-likeness (QED) is 0.841. The van der Waals surface area contributed by atoms with Crippen LogP contribution >= 0.6 is 27.7 Å². The normalized spacial score (nSPS) is 10.2. The maximum absolute atomic E-state index is 11.7. The molecule has 19 heavy (non-hydrogen) atoms. The lowest BCUT2D eigenvalue weighted by atomic mass is 10.3. The standard InChI is InChI=1S/C13H12BrN3OS/c14-9-1-3-10(4-2-9)17-13(18)8-19-11-5-6-12(15)16-7-11/h1-7H,8H2,(H2,15,16)(H,17,18). The van der Waals surface area contributed by atoms with Crippen molar-refractivity contribution in [2.75, 3.05) is 16.8 Å². The van der Waals surface area contributed by atoms with Crippen LogP contribution in [0.5, 0.6) is 0 Å². The molecule has 1 aromatic heterocycles. The first-order chi connectivity index (χ1) is 9.13. The molecule has 0 atom stereocenters. The van der Waals surface area contributed by atoms with Crippen LogP contribution in [0.15, 0.2) is 52.0 Å². The fourth-order valence-electron chi connectivity index (χ4n) is 1.36. The molecule has 0 spiro atoms. The SMILES string of the molecule is Nc1ccc(SCC(=O)Nc2ccc(Br)cc2)cn1. The molecule has 0 unspecified atom stereocenters. The summed E-state index contributed by atoms with van der Waals surface area (Å²) in [7, 11) is 0. The number of thioether (sulfide) groups is 1. The summed E-state index contributed by atoms with van der Waals surface area (Å²) in [5.74, 6) is 0.759. The highest BCUT2D eigenvalue weighted by atomic mass is 79.9. The van der Waals surface area contributed by atoms with Gasteiger partial charge >= 0.3 is 0 Å². The number of carbonyl (C=O) groups is 1. The van der Waals surface area contributed by atoms with Crippen molar-refractivity contribution in [1.82, 2.24) is 4.98 Å². The number of carbonyl (C=O) groups excluding carboxylic acids is 1. The Morgan fingerprint density at radius 1 is 1.26 bits per heavy atom. The number of amides is 1. The van der Waals surface area contributed by atoms with E-state index in [0.717, 1.165) is 15.1 Å². The molecule has 0 aliphatic heterocycles. The van der Waals surface area contributed by atoms with Crippen molar-refractivity contribution in [1.29, 1.82) is 0 Å². The maximum Gasteiger partial charge on any atom is 0.234 e. The summed E-state index contributed by atoms with van der Waals surface area (Å²) < 4.78 is 0.979. The number of nitrogens with one attached hydrogen (secondary N) is 1. The highest BCUT2D eigenvalue weighted by Gasteiger charge is 2.04. The van der Waals surface area contributed by atoms with Crippen LogP contribution in [-0.2, 0) is 4.79 Å². The van der Waals surface area contributed by atoms with Gasteiger partial charge in [0.05, 0.1) is 5.75 Å². The molecule has 0 saturated heterocycles. The van der Waals surface area contributed by atoms with Gasteiger partial charge in [-0.15, -0.1) is 11.8 Å². The summed E-state index contributed by atoms with van der Waals surface area (Å²) in [4.78, 5) is 16.6. The number of halogens is 1. The summed E-state index contributed by atoms with van der Waals surface area (Å²) in [6.45, 7) is 0. The van der Waals surface area contributed by atoms with Crippen molar-refractivity contribution in [2.45, 2.75) is 4.90 Å². The topological polar surface area (TPSA) is 68.0 Å². The number of nitrogen functional groups attached to an aromatic ring is 1. The smallest absolute Gasteiger partial charge is 0.234 e. The first-order valence-electron chi connectivity index (χ1n) is 5.53. The third-order valence-corrected chi connectivity index (χ3v) is 3.77.